The van der Waals surface area contributed by atoms with Crippen molar-refractivity contribution in [3.05, 3.63) is 0 Å². The summed E-state index contributed by atoms with van der Waals surface area (Å²) in [6, 6.07) is 2.60. The molecule has 0 aromatic carbocycles. The maximum atomic E-state index is 8.70. The van der Waals surface area contributed by atoms with Crippen LogP contribution in [0.1, 0.15) is 19.3 Å². The van der Waals surface area contributed by atoms with Gasteiger partial charge < -0.3 is 5.11 Å². The van der Waals surface area contributed by atoms with Crippen LogP contribution in [0.3, 0.4) is 0 Å². The Morgan fingerprint density at radius 1 is 1.64 bits per heavy atom. The molecule has 0 aromatic rings. The molecule has 0 radical (unpaired) electrons. The van der Waals surface area contributed by atoms with E-state index in [4.69, 9.17) is 10.4 Å². The fraction of sp³-hybridized carbons (Fsp3) is 0.875. The molecule has 0 bridgehead atoms. The predicted molar refractivity (Wildman–Crippen MR) is 41.9 cm³/mol. The minimum absolute atomic E-state index is 0.243. The van der Waals surface area contributed by atoms with E-state index in [0.29, 0.717) is 12.6 Å². The molecular formula is C8H14N2O. The lowest BCUT2D eigenvalue weighted by Crippen LogP contribution is -2.30. The summed E-state index contributed by atoms with van der Waals surface area (Å²) in [5.41, 5.74) is 0. The van der Waals surface area contributed by atoms with Crippen molar-refractivity contribution in [2.45, 2.75) is 25.3 Å². The quantitative estimate of drug-likeness (QED) is 0.597. The minimum Gasteiger partial charge on any atom is -0.396 e. The van der Waals surface area contributed by atoms with Crippen LogP contribution in [0.4, 0.5) is 0 Å². The van der Waals surface area contributed by atoms with E-state index >= 15 is 0 Å². The summed E-state index contributed by atoms with van der Waals surface area (Å²) in [4.78, 5) is 2.15. The summed E-state index contributed by atoms with van der Waals surface area (Å²) in [6.07, 6.45) is 3.14. The second-order valence-corrected chi connectivity index (χ2v) is 2.94. The van der Waals surface area contributed by atoms with Gasteiger partial charge in [-0.25, -0.2) is 0 Å². The first kappa shape index (κ1) is 8.51. The molecule has 0 aliphatic carbocycles. The highest BCUT2D eigenvalue weighted by Crippen LogP contribution is 2.18. The highest BCUT2D eigenvalue weighted by Gasteiger charge is 2.22. The average molecular weight is 154 g/mol. The van der Waals surface area contributed by atoms with E-state index in [1.165, 1.54) is 6.42 Å². The standard InChI is InChI=1S/C8H14N2O/c9-4-6-10-5-1-2-8(10)3-7-11/h8,11H,1-3,5-7H2. The average Bonchev–Trinajstić information content (AvgIpc) is 2.39. The van der Waals surface area contributed by atoms with Crippen molar-refractivity contribution in [3.63, 3.8) is 0 Å². The van der Waals surface area contributed by atoms with Gasteiger partial charge in [-0.05, 0) is 25.8 Å². The third-order valence-corrected chi connectivity index (χ3v) is 2.24. The molecule has 1 fully saturated rings. The van der Waals surface area contributed by atoms with Crippen LogP contribution in [0, 0.1) is 11.3 Å². The van der Waals surface area contributed by atoms with E-state index in [0.717, 1.165) is 19.4 Å². The van der Waals surface area contributed by atoms with Crippen molar-refractivity contribution in [1.29, 1.82) is 5.26 Å². The Balaban J connectivity index is 2.32. The summed E-state index contributed by atoms with van der Waals surface area (Å²) in [6.45, 7) is 1.79. The molecule has 0 spiro atoms. The second-order valence-electron chi connectivity index (χ2n) is 2.94. The van der Waals surface area contributed by atoms with Crippen LogP contribution >= 0.6 is 0 Å². The van der Waals surface area contributed by atoms with Gasteiger partial charge in [0.1, 0.15) is 0 Å². The first-order valence-corrected chi connectivity index (χ1v) is 4.10. The first-order chi connectivity index (χ1) is 5.38. The molecule has 1 aliphatic heterocycles. The maximum Gasteiger partial charge on any atom is 0.0868 e. The number of hydrogen-bond acceptors (Lipinski definition) is 3. The van der Waals surface area contributed by atoms with Crippen LogP contribution < -0.4 is 0 Å². The van der Waals surface area contributed by atoms with Gasteiger partial charge in [-0.2, -0.15) is 5.26 Å². The van der Waals surface area contributed by atoms with E-state index in [1.807, 2.05) is 0 Å². The number of nitrogens with zero attached hydrogens (tertiary/aromatic N) is 2. The van der Waals surface area contributed by atoms with Gasteiger partial charge in [0.25, 0.3) is 0 Å². The summed E-state index contributed by atoms with van der Waals surface area (Å²) in [5, 5.41) is 17.2. The molecule has 1 rings (SSSR count). The minimum atomic E-state index is 0.243. The number of aliphatic hydroxyl groups excluding tert-OH is 1. The van der Waals surface area contributed by atoms with Crippen LogP contribution in [0.25, 0.3) is 0 Å². The van der Waals surface area contributed by atoms with Gasteiger partial charge in [-0.3, -0.25) is 4.90 Å². The van der Waals surface area contributed by atoms with Crippen molar-refractivity contribution in [2.24, 2.45) is 0 Å². The van der Waals surface area contributed by atoms with E-state index in [2.05, 4.69) is 11.0 Å². The molecular weight excluding hydrogens is 140 g/mol. The number of hydrogen-bond donors (Lipinski definition) is 1. The zero-order valence-electron chi connectivity index (χ0n) is 6.66. The first-order valence-electron chi connectivity index (χ1n) is 4.10. The van der Waals surface area contributed by atoms with Gasteiger partial charge in [-0.1, -0.05) is 0 Å². The largest absolute Gasteiger partial charge is 0.396 e. The van der Waals surface area contributed by atoms with Crippen molar-refractivity contribution in [2.75, 3.05) is 19.7 Å². The second kappa shape index (κ2) is 4.32. The summed E-state index contributed by atoms with van der Waals surface area (Å²) < 4.78 is 0. The highest BCUT2D eigenvalue weighted by molar-refractivity contribution is 4.85. The fourth-order valence-corrected chi connectivity index (χ4v) is 1.67. The van der Waals surface area contributed by atoms with Gasteiger partial charge in [0.05, 0.1) is 12.6 Å². The normalized spacial score (nSPS) is 25.3. The lowest BCUT2D eigenvalue weighted by Gasteiger charge is -2.19. The van der Waals surface area contributed by atoms with Gasteiger partial charge in [0, 0.05) is 12.6 Å². The van der Waals surface area contributed by atoms with Gasteiger partial charge in [0.2, 0.25) is 0 Å². The maximum absolute atomic E-state index is 8.70. The summed E-state index contributed by atoms with van der Waals surface area (Å²) in [7, 11) is 0. The van der Waals surface area contributed by atoms with E-state index in [-0.39, 0.29) is 6.61 Å². The Morgan fingerprint density at radius 2 is 2.45 bits per heavy atom. The molecule has 1 aliphatic rings. The van der Waals surface area contributed by atoms with Crippen molar-refractivity contribution in [3.8, 4) is 6.07 Å². The molecule has 3 nitrogen and oxygen atoms in total. The zero-order chi connectivity index (χ0) is 8.10. The van der Waals surface area contributed by atoms with Crippen LogP contribution in [0.15, 0.2) is 0 Å². The van der Waals surface area contributed by atoms with Crippen LogP contribution in [0.5, 0.6) is 0 Å². The van der Waals surface area contributed by atoms with Gasteiger partial charge in [-0.15, -0.1) is 0 Å². The third kappa shape index (κ3) is 2.18. The molecule has 3 heteroatoms. The van der Waals surface area contributed by atoms with Crippen molar-refractivity contribution >= 4 is 0 Å². The number of nitriles is 1. The lowest BCUT2D eigenvalue weighted by atomic mass is 10.1. The number of rotatable bonds is 3. The number of aliphatic hydroxyl groups is 1. The monoisotopic (exact) mass is 154 g/mol. The van der Waals surface area contributed by atoms with Gasteiger partial charge >= 0.3 is 0 Å². The highest BCUT2D eigenvalue weighted by atomic mass is 16.3. The smallest absolute Gasteiger partial charge is 0.0868 e. The summed E-state index contributed by atoms with van der Waals surface area (Å²) in [5.74, 6) is 0. The molecule has 1 unspecified atom stereocenters. The SMILES string of the molecule is N#CCN1CCCC1CCO. The third-order valence-electron chi connectivity index (χ3n) is 2.24. The molecule has 1 heterocycles. The van der Waals surface area contributed by atoms with Crippen LogP contribution in [-0.4, -0.2) is 35.7 Å². The Morgan fingerprint density at radius 3 is 3.09 bits per heavy atom. The van der Waals surface area contributed by atoms with E-state index in [9.17, 15) is 0 Å². The lowest BCUT2D eigenvalue weighted by molar-refractivity contribution is 0.209. The molecule has 1 saturated heterocycles. The Hall–Kier alpha value is -0.590. The van der Waals surface area contributed by atoms with Gasteiger partial charge in [0.15, 0.2) is 0 Å². The molecule has 62 valence electrons. The van der Waals surface area contributed by atoms with Crippen molar-refractivity contribution in [1.82, 2.24) is 4.90 Å². The van der Waals surface area contributed by atoms with E-state index in [1.54, 1.807) is 0 Å². The fourth-order valence-electron chi connectivity index (χ4n) is 1.67. The molecule has 11 heavy (non-hydrogen) atoms. The Bertz CT molecular complexity index is 153. The van der Waals surface area contributed by atoms with Crippen LogP contribution in [-0.2, 0) is 0 Å². The Labute approximate surface area is 67.2 Å². The van der Waals surface area contributed by atoms with E-state index < -0.39 is 0 Å². The molecule has 0 saturated carbocycles. The van der Waals surface area contributed by atoms with Crippen molar-refractivity contribution < 1.29 is 5.11 Å². The summed E-state index contributed by atoms with van der Waals surface area (Å²) >= 11 is 0. The molecule has 1 N–H and O–H groups in total. The topological polar surface area (TPSA) is 47.3 Å². The Kier molecular flexibility index (Phi) is 3.34. The molecule has 1 atom stereocenters. The van der Waals surface area contributed by atoms with Crippen LogP contribution in [0.2, 0.25) is 0 Å². The predicted octanol–water partition coefficient (Wildman–Crippen LogP) is 0.357. The molecule has 0 aromatic heterocycles. The number of likely N-dealkylation sites (tertiary alicyclic amines) is 1. The molecule has 0 amide bonds. The zero-order valence-corrected chi connectivity index (χ0v) is 6.66.